The van der Waals surface area contributed by atoms with Crippen molar-refractivity contribution in [3.63, 3.8) is 0 Å². The second-order valence-electron chi connectivity index (χ2n) is 6.86. The Labute approximate surface area is 110 Å². The molecule has 1 fully saturated rings. The van der Waals surface area contributed by atoms with Crippen molar-refractivity contribution in [3.8, 4) is 0 Å². The zero-order valence-corrected chi connectivity index (χ0v) is 12.0. The highest BCUT2D eigenvalue weighted by Gasteiger charge is 2.66. The van der Waals surface area contributed by atoms with Crippen molar-refractivity contribution in [2.24, 2.45) is 22.5 Å². The number of nitrogens with two attached hydrogens (primary N) is 1. The van der Waals surface area contributed by atoms with E-state index in [1.807, 2.05) is 13.0 Å². The molecule has 2 rings (SSSR count). The van der Waals surface area contributed by atoms with E-state index in [4.69, 9.17) is 5.73 Å². The summed E-state index contributed by atoms with van der Waals surface area (Å²) in [6, 6.07) is 5.07. The molecule has 0 heterocycles. The van der Waals surface area contributed by atoms with E-state index < -0.39 is 0 Å². The van der Waals surface area contributed by atoms with Crippen molar-refractivity contribution < 1.29 is 4.39 Å². The van der Waals surface area contributed by atoms with Crippen LogP contribution in [0, 0.1) is 29.5 Å². The Morgan fingerprint density at radius 1 is 1.22 bits per heavy atom. The molecule has 0 aliphatic heterocycles. The molecule has 1 aliphatic carbocycles. The maximum absolute atomic E-state index is 13.3. The second-order valence-corrected chi connectivity index (χ2v) is 6.86. The Kier molecular flexibility index (Phi) is 3.05. The fourth-order valence-corrected chi connectivity index (χ4v) is 3.55. The van der Waals surface area contributed by atoms with Crippen LogP contribution in [0.4, 0.5) is 4.39 Å². The van der Waals surface area contributed by atoms with Crippen LogP contribution in [0.25, 0.3) is 0 Å². The van der Waals surface area contributed by atoms with Gasteiger partial charge >= 0.3 is 0 Å². The van der Waals surface area contributed by atoms with Crippen molar-refractivity contribution in [1.82, 2.24) is 0 Å². The van der Waals surface area contributed by atoms with Gasteiger partial charge in [-0.2, -0.15) is 0 Å². The van der Waals surface area contributed by atoms with E-state index in [0.29, 0.717) is 5.92 Å². The quantitative estimate of drug-likeness (QED) is 0.868. The standard InChI is InChI=1S/C16H24FN/c1-10-6-7-12(17)8-11(10)9-13(18)14-15(2,3)16(14,4)5/h6-8,13-14H,9,18H2,1-5H3. The summed E-state index contributed by atoms with van der Waals surface area (Å²) in [6.07, 6.45) is 0.765. The molecule has 0 spiro atoms. The first-order valence-electron chi connectivity index (χ1n) is 6.68. The first-order valence-corrected chi connectivity index (χ1v) is 6.68. The molecular formula is C16H24FN. The molecule has 0 bridgehead atoms. The Balaban J connectivity index is 2.14. The molecule has 1 atom stereocenters. The number of aryl methyl sites for hydroxylation is 1. The summed E-state index contributed by atoms with van der Waals surface area (Å²) in [5.41, 5.74) is 9.10. The Bertz CT molecular complexity index is 448. The van der Waals surface area contributed by atoms with Crippen LogP contribution in [-0.2, 0) is 6.42 Å². The van der Waals surface area contributed by atoms with Crippen LogP contribution < -0.4 is 5.73 Å². The van der Waals surface area contributed by atoms with E-state index >= 15 is 0 Å². The maximum Gasteiger partial charge on any atom is 0.123 e. The second kappa shape index (κ2) is 4.06. The Morgan fingerprint density at radius 2 is 1.78 bits per heavy atom. The van der Waals surface area contributed by atoms with Gasteiger partial charge in [-0.15, -0.1) is 0 Å². The summed E-state index contributed by atoms with van der Waals surface area (Å²) in [6.45, 7) is 11.1. The van der Waals surface area contributed by atoms with Crippen LogP contribution in [-0.4, -0.2) is 6.04 Å². The van der Waals surface area contributed by atoms with Crippen molar-refractivity contribution in [3.05, 3.63) is 35.1 Å². The van der Waals surface area contributed by atoms with Gasteiger partial charge in [0.05, 0.1) is 0 Å². The van der Waals surface area contributed by atoms with E-state index in [-0.39, 0.29) is 22.7 Å². The van der Waals surface area contributed by atoms with Crippen molar-refractivity contribution in [2.45, 2.75) is 47.1 Å². The highest BCUT2D eigenvalue weighted by atomic mass is 19.1. The Hall–Kier alpha value is -0.890. The molecular weight excluding hydrogens is 225 g/mol. The van der Waals surface area contributed by atoms with Crippen LogP contribution in [0.2, 0.25) is 0 Å². The summed E-state index contributed by atoms with van der Waals surface area (Å²) in [4.78, 5) is 0. The molecule has 2 N–H and O–H groups in total. The molecule has 1 saturated carbocycles. The largest absolute Gasteiger partial charge is 0.327 e. The van der Waals surface area contributed by atoms with Gasteiger partial charge in [-0.1, -0.05) is 33.8 Å². The number of hydrogen-bond acceptors (Lipinski definition) is 1. The van der Waals surface area contributed by atoms with Crippen LogP contribution in [0.5, 0.6) is 0 Å². The lowest BCUT2D eigenvalue weighted by Crippen LogP contribution is -2.28. The Morgan fingerprint density at radius 3 is 2.28 bits per heavy atom. The minimum Gasteiger partial charge on any atom is -0.327 e. The van der Waals surface area contributed by atoms with Crippen LogP contribution in [0.1, 0.15) is 38.8 Å². The van der Waals surface area contributed by atoms with E-state index in [2.05, 4.69) is 27.7 Å². The molecule has 0 amide bonds. The molecule has 2 heteroatoms. The average molecular weight is 249 g/mol. The molecule has 1 nitrogen and oxygen atoms in total. The number of benzene rings is 1. The monoisotopic (exact) mass is 249 g/mol. The van der Waals surface area contributed by atoms with Crippen LogP contribution >= 0.6 is 0 Å². The first-order chi connectivity index (χ1) is 8.18. The van der Waals surface area contributed by atoms with E-state index in [0.717, 1.165) is 17.5 Å². The predicted octanol–water partition coefficient (Wildman–Crippen LogP) is 3.69. The lowest BCUT2D eigenvalue weighted by atomic mass is 9.95. The highest BCUT2D eigenvalue weighted by molar-refractivity contribution is 5.29. The third-order valence-corrected chi connectivity index (χ3v) is 5.33. The third kappa shape index (κ3) is 1.97. The fraction of sp³-hybridized carbons (Fsp3) is 0.625. The average Bonchev–Trinajstić information content (AvgIpc) is 2.63. The normalized spacial score (nSPS) is 22.8. The summed E-state index contributed by atoms with van der Waals surface area (Å²) >= 11 is 0. The third-order valence-electron chi connectivity index (χ3n) is 5.33. The van der Waals surface area contributed by atoms with E-state index in [9.17, 15) is 4.39 Å². The molecule has 1 aromatic carbocycles. The number of halogens is 1. The van der Waals surface area contributed by atoms with Gasteiger partial charge in [0, 0.05) is 6.04 Å². The molecule has 0 saturated heterocycles. The maximum atomic E-state index is 13.3. The fourth-order valence-electron chi connectivity index (χ4n) is 3.55. The summed E-state index contributed by atoms with van der Waals surface area (Å²) in [5, 5.41) is 0. The highest BCUT2D eigenvalue weighted by Crippen LogP contribution is 2.69. The molecule has 1 aliphatic rings. The first kappa shape index (κ1) is 13.5. The molecule has 0 radical (unpaired) electrons. The van der Waals surface area contributed by atoms with Crippen molar-refractivity contribution in [1.29, 1.82) is 0 Å². The number of hydrogen-bond donors (Lipinski definition) is 1. The number of rotatable bonds is 3. The molecule has 0 aromatic heterocycles. The van der Waals surface area contributed by atoms with Gasteiger partial charge < -0.3 is 5.73 Å². The zero-order valence-electron chi connectivity index (χ0n) is 12.0. The van der Waals surface area contributed by atoms with Gasteiger partial charge in [-0.25, -0.2) is 4.39 Å². The van der Waals surface area contributed by atoms with Gasteiger partial charge in [-0.05, 0) is 53.4 Å². The van der Waals surface area contributed by atoms with Gasteiger partial charge in [-0.3, -0.25) is 0 Å². The SMILES string of the molecule is Cc1ccc(F)cc1CC(N)C1C(C)(C)C1(C)C. The van der Waals surface area contributed by atoms with E-state index in [1.165, 1.54) is 6.07 Å². The van der Waals surface area contributed by atoms with Gasteiger partial charge in [0.2, 0.25) is 0 Å². The summed E-state index contributed by atoms with van der Waals surface area (Å²) in [7, 11) is 0. The van der Waals surface area contributed by atoms with Crippen LogP contribution in [0.3, 0.4) is 0 Å². The minimum absolute atomic E-state index is 0.107. The minimum atomic E-state index is -0.169. The van der Waals surface area contributed by atoms with Gasteiger partial charge in [0.25, 0.3) is 0 Å². The smallest absolute Gasteiger partial charge is 0.123 e. The van der Waals surface area contributed by atoms with Gasteiger partial charge in [0.1, 0.15) is 5.82 Å². The molecule has 100 valence electrons. The summed E-state index contributed by atoms with van der Waals surface area (Å²) < 4.78 is 13.3. The molecule has 1 unspecified atom stereocenters. The van der Waals surface area contributed by atoms with Crippen molar-refractivity contribution >= 4 is 0 Å². The predicted molar refractivity (Wildman–Crippen MR) is 73.9 cm³/mol. The molecule has 18 heavy (non-hydrogen) atoms. The summed E-state index contributed by atoms with van der Waals surface area (Å²) in [5.74, 6) is 0.338. The van der Waals surface area contributed by atoms with Crippen LogP contribution in [0.15, 0.2) is 18.2 Å². The van der Waals surface area contributed by atoms with E-state index in [1.54, 1.807) is 6.07 Å². The topological polar surface area (TPSA) is 26.0 Å². The lowest BCUT2D eigenvalue weighted by Gasteiger charge is -2.15. The lowest BCUT2D eigenvalue weighted by molar-refractivity contribution is 0.457. The van der Waals surface area contributed by atoms with Crippen molar-refractivity contribution in [2.75, 3.05) is 0 Å². The molecule has 1 aromatic rings. The zero-order chi connectivity index (χ0) is 13.7. The van der Waals surface area contributed by atoms with Gasteiger partial charge in [0.15, 0.2) is 0 Å².